The molecule has 0 heterocycles. The van der Waals surface area contributed by atoms with Crippen LogP contribution in [0.15, 0.2) is 5.11 Å². The second-order valence-electron chi connectivity index (χ2n) is 2.58. The fourth-order valence-corrected chi connectivity index (χ4v) is 1.12. The van der Waals surface area contributed by atoms with Crippen molar-refractivity contribution >= 4 is 0 Å². The summed E-state index contributed by atoms with van der Waals surface area (Å²) >= 11 is 0. The monoisotopic (exact) mass is 140 g/mol. The van der Waals surface area contributed by atoms with E-state index in [9.17, 15) is 0 Å². The van der Waals surface area contributed by atoms with Gasteiger partial charge in [-0.15, -0.1) is 0 Å². The molecule has 0 aliphatic heterocycles. The number of azide groups is 1. The molecule has 1 rings (SSSR count). The fraction of sp³-hybridized carbons (Fsp3) is 0.833. The van der Waals surface area contributed by atoms with E-state index in [1.807, 2.05) is 0 Å². The molecule has 1 fully saturated rings. The zero-order valence-corrected chi connectivity index (χ0v) is 5.69. The molecule has 0 aromatic rings. The zero-order chi connectivity index (χ0) is 7.45. The lowest BCUT2D eigenvalue weighted by Crippen LogP contribution is -2.35. The second kappa shape index (κ2) is 2.90. The number of hydrogen-bond acceptors (Lipinski definition) is 2. The van der Waals surface area contributed by atoms with E-state index in [1.54, 1.807) is 0 Å². The van der Waals surface area contributed by atoms with Gasteiger partial charge in [0.25, 0.3) is 0 Å². The molecule has 0 unspecified atom stereocenters. The Hall–Kier alpha value is -0.730. The number of aliphatic hydroxyl groups excluding tert-OH is 1. The molecule has 1 aliphatic carbocycles. The van der Waals surface area contributed by atoms with E-state index < -0.39 is 0 Å². The van der Waals surface area contributed by atoms with E-state index in [0.29, 0.717) is 6.42 Å². The molecule has 0 amide bonds. The van der Waals surface area contributed by atoms with Crippen LogP contribution in [-0.4, -0.2) is 17.3 Å². The van der Waals surface area contributed by atoms with Crippen molar-refractivity contribution in [3.05, 3.63) is 16.9 Å². The summed E-state index contributed by atoms with van der Waals surface area (Å²) in [6, 6.07) is 0. The van der Waals surface area contributed by atoms with Crippen molar-refractivity contribution in [2.24, 2.45) is 5.11 Å². The lowest BCUT2D eigenvalue weighted by Gasteiger charge is -2.36. The molecular weight excluding hydrogens is 130 g/mol. The highest BCUT2D eigenvalue weighted by Crippen LogP contribution is 2.37. The van der Waals surface area contributed by atoms with Crippen molar-refractivity contribution in [3.8, 4) is 0 Å². The molecule has 4 heteroatoms. The van der Waals surface area contributed by atoms with Gasteiger partial charge in [0.2, 0.25) is 0 Å². The van der Waals surface area contributed by atoms with Crippen LogP contribution in [0.3, 0.4) is 0 Å². The van der Waals surface area contributed by atoms with Crippen molar-refractivity contribution < 1.29 is 5.11 Å². The molecule has 0 spiro atoms. The number of nitrogens with zero attached hydrogens (tertiary/aromatic N) is 3. The Morgan fingerprint density at radius 1 is 1.70 bits per heavy atom. The standard InChI is InChI=1S/C6H10N3O/c7-9-8-6(4-5-10)2-1-3-6/h1,10H,2-5H2. The summed E-state index contributed by atoms with van der Waals surface area (Å²) in [5, 5.41) is 12.2. The highest BCUT2D eigenvalue weighted by atomic mass is 16.3. The Morgan fingerprint density at radius 3 is 2.70 bits per heavy atom. The van der Waals surface area contributed by atoms with Gasteiger partial charge < -0.3 is 5.11 Å². The van der Waals surface area contributed by atoms with E-state index in [1.165, 1.54) is 0 Å². The summed E-state index contributed by atoms with van der Waals surface area (Å²) < 4.78 is 0. The van der Waals surface area contributed by atoms with E-state index in [-0.39, 0.29) is 12.1 Å². The Balaban J connectivity index is 2.50. The highest BCUT2D eigenvalue weighted by Gasteiger charge is 2.35. The first kappa shape index (κ1) is 7.38. The summed E-state index contributed by atoms with van der Waals surface area (Å²) in [4.78, 5) is 2.74. The normalized spacial score (nSPS) is 20.9. The van der Waals surface area contributed by atoms with Crippen molar-refractivity contribution in [1.82, 2.24) is 0 Å². The molecule has 55 valence electrons. The average molecular weight is 140 g/mol. The Bertz CT molecular complexity index is 158. The summed E-state index contributed by atoms with van der Waals surface area (Å²) in [7, 11) is 0. The van der Waals surface area contributed by atoms with Gasteiger partial charge >= 0.3 is 0 Å². The van der Waals surface area contributed by atoms with Gasteiger partial charge in [0.15, 0.2) is 0 Å². The third kappa shape index (κ3) is 1.23. The van der Waals surface area contributed by atoms with Crippen LogP contribution in [0.2, 0.25) is 0 Å². The molecule has 0 saturated heterocycles. The first-order valence-corrected chi connectivity index (χ1v) is 3.32. The van der Waals surface area contributed by atoms with Crippen LogP contribution in [0.25, 0.3) is 10.4 Å². The molecule has 1 saturated carbocycles. The van der Waals surface area contributed by atoms with E-state index in [2.05, 4.69) is 16.4 Å². The van der Waals surface area contributed by atoms with Crippen LogP contribution < -0.4 is 0 Å². The second-order valence-corrected chi connectivity index (χ2v) is 2.58. The number of hydrogen-bond donors (Lipinski definition) is 1. The van der Waals surface area contributed by atoms with Crippen LogP contribution >= 0.6 is 0 Å². The van der Waals surface area contributed by atoms with Gasteiger partial charge in [-0.05, 0) is 31.2 Å². The maximum Gasteiger partial charge on any atom is 0.0515 e. The Kier molecular flexibility index (Phi) is 2.14. The molecule has 1 N–H and O–H groups in total. The number of aliphatic hydroxyl groups is 1. The average Bonchev–Trinajstić information content (AvgIpc) is 1.84. The van der Waals surface area contributed by atoms with Crippen molar-refractivity contribution in [1.29, 1.82) is 0 Å². The fourth-order valence-electron chi connectivity index (χ4n) is 1.12. The van der Waals surface area contributed by atoms with E-state index in [0.717, 1.165) is 12.8 Å². The predicted molar refractivity (Wildman–Crippen MR) is 37.1 cm³/mol. The molecule has 1 aliphatic rings. The smallest absolute Gasteiger partial charge is 0.0515 e. The molecule has 1 radical (unpaired) electrons. The van der Waals surface area contributed by atoms with Gasteiger partial charge in [0.05, 0.1) is 5.54 Å². The Morgan fingerprint density at radius 2 is 2.40 bits per heavy atom. The molecule has 0 atom stereocenters. The van der Waals surface area contributed by atoms with Crippen LogP contribution in [-0.2, 0) is 0 Å². The van der Waals surface area contributed by atoms with Crippen LogP contribution in [0.4, 0.5) is 0 Å². The van der Waals surface area contributed by atoms with Gasteiger partial charge in [-0.2, -0.15) is 0 Å². The van der Waals surface area contributed by atoms with E-state index in [4.69, 9.17) is 10.6 Å². The summed E-state index contributed by atoms with van der Waals surface area (Å²) in [5.74, 6) is 0. The zero-order valence-electron chi connectivity index (χ0n) is 5.69. The van der Waals surface area contributed by atoms with Crippen molar-refractivity contribution in [3.63, 3.8) is 0 Å². The molecule has 0 bridgehead atoms. The molecule has 10 heavy (non-hydrogen) atoms. The third-order valence-corrected chi connectivity index (χ3v) is 1.88. The first-order chi connectivity index (χ1) is 4.83. The largest absolute Gasteiger partial charge is 0.396 e. The number of rotatable bonds is 3. The summed E-state index contributed by atoms with van der Waals surface area (Å²) in [6.45, 7) is 0.104. The van der Waals surface area contributed by atoms with Gasteiger partial charge in [-0.1, -0.05) is 5.11 Å². The van der Waals surface area contributed by atoms with Gasteiger partial charge in [-0.25, -0.2) is 0 Å². The lowest BCUT2D eigenvalue weighted by atomic mass is 9.75. The van der Waals surface area contributed by atoms with Gasteiger partial charge in [-0.3, -0.25) is 0 Å². The van der Waals surface area contributed by atoms with Gasteiger partial charge in [0.1, 0.15) is 0 Å². The molecule has 0 aromatic heterocycles. The predicted octanol–water partition coefficient (Wildman–Crippen LogP) is 1.42. The van der Waals surface area contributed by atoms with Crippen molar-refractivity contribution in [2.45, 2.75) is 24.8 Å². The molecular formula is C6H10N3O. The highest BCUT2D eigenvalue weighted by molar-refractivity contribution is 5.05. The minimum absolute atomic E-state index is 0.104. The SMILES string of the molecule is [N-]=[N+]=NC1(CCO)C[CH]C1. The topological polar surface area (TPSA) is 69.0 Å². The van der Waals surface area contributed by atoms with Crippen LogP contribution in [0, 0.1) is 6.42 Å². The van der Waals surface area contributed by atoms with Crippen molar-refractivity contribution in [2.75, 3.05) is 6.61 Å². The molecule has 0 aromatic carbocycles. The quantitative estimate of drug-likeness (QED) is 0.359. The van der Waals surface area contributed by atoms with Crippen LogP contribution in [0.1, 0.15) is 19.3 Å². The summed E-state index contributed by atoms with van der Waals surface area (Å²) in [6.07, 6.45) is 4.28. The van der Waals surface area contributed by atoms with E-state index >= 15 is 0 Å². The van der Waals surface area contributed by atoms with Gasteiger partial charge in [0, 0.05) is 11.5 Å². The maximum atomic E-state index is 8.60. The van der Waals surface area contributed by atoms with Crippen LogP contribution in [0.5, 0.6) is 0 Å². The minimum atomic E-state index is -0.274. The summed E-state index contributed by atoms with van der Waals surface area (Å²) in [5.41, 5.74) is 7.88. The molecule has 4 nitrogen and oxygen atoms in total. The maximum absolute atomic E-state index is 8.60. The Labute approximate surface area is 59.5 Å². The minimum Gasteiger partial charge on any atom is -0.396 e. The lowest BCUT2D eigenvalue weighted by molar-refractivity contribution is 0.207. The third-order valence-electron chi connectivity index (χ3n) is 1.88. The first-order valence-electron chi connectivity index (χ1n) is 3.32.